The molecule has 0 spiro atoms. The molecular weight excluding hydrogens is 372 g/mol. The second-order valence-electron chi connectivity index (χ2n) is 6.87. The summed E-state index contributed by atoms with van der Waals surface area (Å²) >= 11 is 1.34. The Labute approximate surface area is 158 Å². The van der Waals surface area contributed by atoms with Crippen LogP contribution in [0.3, 0.4) is 0 Å². The molecule has 27 heavy (non-hydrogen) atoms. The summed E-state index contributed by atoms with van der Waals surface area (Å²) in [5.41, 5.74) is 1.72. The van der Waals surface area contributed by atoms with Gasteiger partial charge in [-0.1, -0.05) is 0 Å². The first-order valence-corrected chi connectivity index (χ1v) is 9.51. The summed E-state index contributed by atoms with van der Waals surface area (Å²) in [5.74, 6) is 1.20. The highest BCUT2D eigenvalue weighted by atomic mass is 32.1. The molecule has 0 aromatic carbocycles. The van der Waals surface area contributed by atoms with Gasteiger partial charge in [-0.25, -0.2) is 15.0 Å². The Bertz CT molecular complexity index is 1020. The van der Waals surface area contributed by atoms with Crippen molar-refractivity contribution in [1.82, 2.24) is 24.4 Å². The van der Waals surface area contributed by atoms with E-state index in [4.69, 9.17) is 0 Å². The molecule has 9 heteroatoms. The van der Waals surface area contributed by atoms with Crippen LogP contribution < -0.4 is 0 Å². The Hall–Kier alpha value is -2.42. The summed E-state index contributed by atoms with van der Waals surface area (Å²) < 4.78 is 26.8. The van der Waals surface area contributed by atoms with E-state index >= 15 is 0 Å². The van der Waals surface area contributed by atoms with Crippen molar-refractivity contribution in [1.29, 1.82) is 0 Å². The fraction of sp³-hybridized carbons (Fsp3) is 0.444. The normalized spacial score (nSPS) is 14.3. The SMILES string of the molecule is Cc1nc(C2CC2)nc2sc(C(=O)N(C)Cc3nccn3C(F)F)c(C)c12. The number of rotatable bonds is 5. The maximum atomic E-state index is 13.0. The summed E-state index contributed by atoms with van der Waals surface area (Å²) in [4.78, 5) is 28.9. The second-order valence-corrected chi connectivity index (χ2v) is 7.87. The highest BCUT2D eigenvalue weighted by molar-refractivity contribution is 7.20. The van der Waals surface area contributed by atoms with E-state index in [1.54, 1.807) is 7.05 Å². The van der Waals surface area contributed by atoms with Crippen molar-refractivity contribution in [3.05, 3.63) is 40.2 Å². The third-order valence-electron chi connectivity index (χ3n) is 4.81. The van der Waals surface area contributed by atoms with E-state index in [1.165, 1.54) is 28.6 Å². The fourth-order valence-corrected chi connectivity index (χ4v) is 4.42. The molecule has 0 saturated heterocycles. The highest BCUT2D eigenvalue weighted by Crippen LogP contribution is 2.40. The molecule has 0 radical (unpaired) electrons. The Kier molecular flexibility index (Phi) is 4.41. The number of hydrogen-bond donors (Lipinski definition) is 0. The molecule has 4 rings (SSSR count). The summed E-state index contributed by atoms with van der Waals surface area (Å²) in [6, 6.07) is 0. The zero-order valence-electron chi connectivity index (χ0n) is 15.2. The van der Waals surface area contributed by atoms with Crippen LogP contribution in [0.1, 0.15) is 57.9 Å². The zero-order chi connectivity index (χ0) is 19.3. The van der Waals surface area contributed by atoms with Gasteiger partial charge >= 0.3 is 6.55 Å². The van der Waals surface area contributed by atoms with Crippen molar-refractivity contribution in [2.75, 3.05) is 7.05 Å². The van der Waals surface area contributed by atoms with E-state index in [-0.39, 0.29) is 18.3 Å². The van der Waals surface area contributed by atoms with Crippen LogP contribution in [-0.2, 0) is 6.54 Å². The molecule has 1 aliphatic rings. The van der Waals surface area contributed by atoms with E-state index in [0.29, 0.717) is 10.8 Å². The summed E-state index contributed by atoms with van der Waals surface area (Å²) in [6.07, 6.45) is 4.74. The van der Waals surface area contributed by atoms with Gasteiger partial charge in [0.15, 0.2) is 0 Å². The number of hydrogen-bond acceptors (Lipinski definition) is 5. The van der Waals surface area contributed by atoms with Gasteiger partial charge in [0.1, 0.15) is 16.5 Å². The number of aromatic nitrogens is 4. The van der Waals surface area contributed by atoms with Gasteiger partial charge in [0.25, 0.3) is 5.91 Å². The van der Waals surface area contributed by atoms with Crippen LogP contribution >= 0.6 is 11.3 Å². The van der Waals surface area contributed by atoms with Gasteiger partial charge in [0.2, 0.25) is 0 Å². The Balaban J connectivity index is 1.64. The van der Waals surface area contributed by atoms with E-state index in [9.17, 15) is 13.6 Å². The average molecular weight is 391 g/mol. The van der Waals surface area contributed by atoms with E-state index in [2.05, 4.69) is 15.0 Å². The third kappa shape index (κ3) is 3.20. The smallest absolute Gasteiger partial charge is 0.319 e. The van der Waals surface area contributed by atoms with Gasteiger partial charge in [0.05, 0.1) is 17.1 Å². The van der Waals surface area contributed by atoms with Crippen LogP contribution in [0, 0.1) is 13.8 Å². The van der Waals surface area contributed by atoms with Crippen molar-refractivity contribution in [2.24, 2.45) is 0 Å². The minimum absolute atomic E-state index is 0.00183. The van der Waals surface area contributed by atoms with Gasteiger partial charge in [-0.15, -0.1) is 11.3 Å². The minimum atomic E-state index is -2.68. The maximum Gasteiger partial charge on any atom is 0.319 e. The minimum Gasteiger partial charge on any atom is -0.334 e. The lowest BCUT2D eigenvalue weighted by Gasteiger charge is -2.17. The molecule has 0 unspecified atom stereocenters. The molecule has 0 N–H and O–H groups in total. The first-order chi connectivity index (χ1) is 12.9. The van der Waals surface area contributed by atoms with Crippen molar-refractivity contribution in [3.63, 3.8) is 0 Å². The molecule has 3 aromatic rings. The Morgan fingerprint density at radius 1 is 1.37 bits per heavy atom. The van der Waals surface area contributed by atoms with Crippen molar-refractivity contribution in [2.45, 2.75) is 45.7 Å². The van der Waals surface area contributed by atoms with Crippen molar-refractivity contribution < 1.29 is 13.6 Å². The van der Waals surface area contributed by atoms with Crippen LogP contribution in [-0.4, -0.2) is 37.4 Å². The largest absolute Gasteiger partial charge is 0.334 e. The van der Waals surface area contributed by atoms with Crippen molar-refractivity contribution >= 4 is 27.5 Å². The predicted molar refractivity (Wildman–Crippen MR) is 98.1 cm³/mol. The molecule has 3 heterocycles. The van der Waals surface area contributed by atoms with E-state index < -0.39 is 6.55 Å². The van der Waals surface area contributed by atoms with Gasteiger partial charge in [-0.2, -0.15) is 8.78 Å². The van der Waals surface area contributed by atoms with E-state index in [0.717, 1.165) is 44.7 Å². The van der Waals surface area contributed by atoms with Gasteiger partial charge in [-0.05, 0) is 32.3 Å². The molecule has 0 atom stereocenters. The summed E-state index contributed by atoms with van der Waals surface area (Å²) in [6.45, 7) is 1.14. The predicted octanol–water partition coefficient (Wildman–Crippen LogP) is 4.05. The number of aryl methyl sites for hydroxylation is 2. The summed E-state index contributed by atoms with van der Waals surface area (Å²) in [5, 5.41) is 0.912. The molecule has 6 nitrogen and oxygen atoms in total. The number of carbonyl (C=O) groups is 1. The topological polar surface area (TPSA) is 63.9 Å². The standard InChI is InChI=1S/C18H19F2N5OS/c1-9-13-10(2)22-15(11-4-5-11)23-16(13)27-14(9)17(26)24(3)8-12-21-6-7-25(12)18(19)20/h6-7,11,18H,4-5,8H2,1-3H3. The summed E-state index contributed by atoms with van der Waals surface area (Å²) in [7, 11) is 1.59. The number of imidazole rings is 1. The highest BCUT2D eigenvalue weighted by Gasteiger charge is 2.29. The van der Waals surface area contributed by atoms with Crippen molar-refractivity contribution in [3.8, 4) is 0 Å². The molecule has 0 aliphatic heterocycles. The van der Waals surface area contributed by atoms with Crippen LogP contribution in [0.25, 0.3) is 10.2 Å². The number of fused-ring (bicyclic) bond motifs is 1. The number of thiophene rings is 1. The quantitative estimate of drug-likeness (QED) is 0.658. The van der Waals surface area contributed by atoms with Gasteiger partial charge in [0, 0.05) is 30.7 Å². The zero-order valence-corrected chi connectivity index (χ0v) is 16.1. The lowest BCUT2D eigenvalue weighted by Crippen LogP contribution is -2.27. The number of alkyl halides is 2. The molecule has 1 amide bonds. The molecular formula is C18H19F2N5OS. The number of carbonyl (C=O) groups excluding carboxylic acids is 1. The first-order valence-electron chi connectivity index (χ1n) is 8.69. The van der Waals surface area contributed by atoms with E-state index in [1.807, 2.05) is 13.8 Å². The van der Waals surface area contributed by atoms with Gasteiger partial charge in [-0.3, -0.25) is 9.36 Å². The fourth-order valence-electron chi connectivity index (χ4n) is 3.19. The second kappa shape index (κ2) is 6.63. The third-order valence-corrected chi connectivity index (χ3v) is 5.98. The molecule has 1 saturated carbocycles. The van der Waals surface area contributed by atoms with Crippen LogP contribution in [0.4, 0.5) is 8.78 Å². The van der Waals surface area contributed by atoms with Gasteiger partial charge < -0.3 is 4.90 Å². The molecule has 142 valence electrons. The maximum absolute atomic E-state index is 13.0. The molecule has 3 aromatic heterocycles. The average Bonchev–Trinajstić information content (AvgIpc) is 3.28. The molecule has 1 aliphatic carbocycles. The lowest BCUT2D eigenvalue weighted by molar-refractivity contribution is 0.0613. The molecule has 1 fully saturated rings. The Morgan fingerprint density at radius 3 is 2.78 bits per heavy atom. The number of amides is 1. The number of halogens is 2. The first kappa shape index (κ1) is 18.0. The van der Waals surface area contributed by atoms with Crippen LogP contribution in [0.2, 0.25) is 0 Å². The monoisotopic (exact) mass is 391 g/mol. The van der Waals surface area contributed by atoms with Crippen LogP contribution in [0.5, 0.6) is 0 Å². The number of nitrogens with zero attached hydrogens (tertiary/aromatic N) is 5. The lowest BCUT2D eigenvalue weighted by atomic mass is 10.1. The molecule has 0 bridgehead atoms. The van der Waals surface area contributed by atoms with Crippen LogP contribution in [0.15, 0.2) is 12.4 Å². The Morgan fingerprint density at radius 2 is 2.11 bits per heavy atom.